The summed E-state index contributed by atoms with van der Waals surface area (Å²) in [7, 11) is 2.23. The lowest BCUT2D eigenvalue weighted by Gasteiger charge is -2.17. The molecule has 0 aromatic rings. The maximum Gasteiger partial charge on any atom is 0.0214 e. The van der Waals surface area contributed by atoms with Gasteiger partial charge in [-0.3, -0.25) is 0 Å². The van der Waals surface area contributed by atoms with Gasteiger partial charge in [0.15, 0.2) is 0 Å². The van der Waals surface area contributed by atoms with E-state index in [9.17, 15) is 0 Å². The molecule has 13 heavy (non-hydrogen) atoms. The van der Waals surface area contributed by atoms with Crippen LogP contribution in [0.25, 0.3) is 0 Å². The van der Waals surface area contributed by atoms with Gasteiger partial charge in [-0.25, -0.2) is 0 Å². The van der Waals surface area contributed by atoms with Crippen molar-refractivity contribution in [3.8, 4) is 12.3 Å². The van der Waals surface area contributed by atoms with Gasteiger partial charge in [-0.15, -0.1) is 12.3 Å². The van der Waals surface area contributed by atoms with E-state index in [0.29, 0.717) is 0 Å². The highest BCUT2D eigenvalue weighted by Gasteiger charge is 2.37. The third-order valence-electron chi connectivity index (χ3n) is 3.32. The smallest absolute Gasteiger partial charge is 0.0214 e. The predicted octanol–water partition coefficient (Wildman–Crippen LogP) is 0.503. The first-order chi connectivity index (χ1) is 6.29. The van der Waals surface area contributed by atoms with Crippen molar-refractivity contribution in [3.63, 3.8) is 0 Å². The zero-order chi connectivity index (χ0) is 9.26. The first kappa shape index (κ1) is 9.05. The van der Waals surface area contributed by atoms with Gasteiger partial charge in [0, 0.05) is 39.1 Å². The molecule has 0 radical (unpaired) electrons. The summed E-state index contributed by atoms with van der Waals surface area (Å²) < 4.78 is 0. The quantitative estimate of drug-likeness (QED) is 0.568. The van der Waals surface area contributed by atoms with E-state index in [-0.39, 0.29) is 0 Å². The fourth-order valence-electron chi connectivity index (χ4n) is 2.73. The van der Waals surface area contributed by atoms with Crippen LogP contribution in [0.2, 0.25) is 0 Å². The highest BCUT2D eigenvalue weighted by molar-refractivity contribution is 4.93. The molecule has 0 unspecified atom stereocenters. The second-order valence-corrected chi connectivity index (χ2v) is 4.46. The summed E-state index contributed by atoms with van der Waals surface area (Å²) in [6.45, 7) is 6.23. The van der Waals surface area contributed by atoms with Crippen LogP contribution in [0.3, 0.4) is 0 Å². The number of nitrogens with zero attached hydrogens (tertiary/aromatic N) is 2. The summed E-state index contributed by atoms with van der Waals surface area (Å²) in [4.78, 5) is 4.98. The maximum absolute atomic E-state index is 5.26. The molecule has 0 bridgehead atoms. The number of rotatable bonds is 2. The minimum absolute atomic E-state index is 0.912. The highest BCUT2D eigenvalue weighted by atomic mass is 15.2. The molecular formula is C11H18N2. The molecule has 2 rings (SSSR count). The zero-order valence-electron chi connectivity index (χ0n) is 8.37. The van der Waals surface area contributed by atoms with E-state index in [4.69, 9.17) is 6.42 Å². The largest absolute Gasteiger partial charge is 0.306 e. The van der Waals surface area contributed by atoms with Crippen LogP contribution in [0.1, 0.15) is 6.42 Å². The Morgan fingerprint density at radius 2 is 1.85 bits per heavy atom. The first-order valence-electron chi connectivity index (χ1n) is 5.14. The molecule has 2 nitrogen and oxygen atoms in total. The summed E-state index contributed by atoms with van der Waals surface area (Å²) in [5.41, 5.74) is 0. The fourth-order valence-corrected chi connectivity index (χ4v) is 2.73. The molecule has 0 saturated carbocycles. The zero-order valence-corrected chi connectivity index (χ0v) is 8.37. The van der Waals surface area contributed by atoms with Gasteiger partial charge in [0.1, 0.15) is 0 Å². The van der Waals surface area contributed by atoms with Crippen molar-refractivity contribution >= 4 is 0 Å². The molecule has 2 heteroatoms. The lowest BCUT2D eigenvalue weighted by molar-refractivity contribution is 0.283. The van der Waals surface area contributed by atoms with Crippen molar-refractivity contribution in [2.75, 3.05) is 39.8 Å². The molecular weight excluding hydrogens is 160 g/mol. The van der Waals surface area contributed by atoms with E-state index in [1.54, 1.807) is 0 Å². The van der Waals surface area contributed by atoms with Crippen molar-refractivity contribution < 1.29 is 0 Å². The van der Waals surface area contributed by atoms with Crippen LogP contribution in [0.5, 0.6) is 0 Å². The topological polar surface area (TPSA) is 6.48 Å². The van der Waals surface area contributed by atoms with E-state index in [2.05, 4.69) is 22.8 Å². The lowest BCUT2D eigenvalue weighted by Crippen LogP contribution is -2.27. The van der Waals surface area contributed by atoms with Crippen LogP contribution < -0.4 is 0 Å². The van der Waals surface area contributed by atoms with Crippen LogP contribution >= 0.6 is 0 Å². The van der Waals surface area contributed by atoms with Crippen LogP contribution in [0.4, 0.5) is 0 Å². The third-order valence-corrected chi connectivity index (χ3v) is 3.32. The van der Waals surface area contributed by atoms with Crippen molar-refractivity contribution in [2.45, 2.75) is 6.42 Å². The second-order valence-electron chi connectivity index (χ2n) is 4.46. The molecule has 0 spiro atoms. The molecule has 0 aromatic carbocycles. The van der Waals surface area contributed by atoms with E-state index in [0.717, 1.165) is 24.8 Å². The Morgan fingerprint density at radius 1 is 1.23 bits per heavy atom. The minimum atomic E-state index is 0.912. The van der Waals surface area contributed by atoms with Gasteiger partial charge in [0.05, 0.1) is 0 Å². The predicted molar refractivity (Wildman–Crippen MR) is 54.4 cm³/mol. The van der Waals surface area contributed by atoms with Gasteiger partial charge < -0.3 is 9.80 Å². The highest BCUT2D eigenvalue weighted by Crippen LogP contribution is 2.29. The molecule has 2 saturated heterocycles. The molecule has 2 fully saturated rings. The molecule has 0 amide bonds. The monoisotopic (exact) mass is 178 g/mol. The fraction of sp³-hybridized carbons (Fsp3) is 0.818. The molecule has 0 aromatic heterocycles. The van der Waals surface area contributed by atoms with E-state index in [1.807, 2.05) is 0 Å². The third kappa shape index (κ3) is 1.87. The Morgan fingerprint density at radius 3 is 2.38 bits per heavy atom. The Hall–Kier alpha value is -0.520. The first-order valence-corrected chi connectivity index (χ1v) is 5.14. The number of hydrogen-bond acceptors (Lipinski definition) is 2. The van der Waals surface area contributed by atoms with Crippen LogP contribution in [-0.4, -0.2) is 49.6 Å². The maximum atomic E-state index is 5.26. The van der Waals surface area contributed by atoms with E-state index >= 15 is 0 Å². The summed E-state index contributed by atoms with van der Waals surface area (Å²) >= 11 is 0. The summed E-state index contributed by atoms with van der Waals surface area (Å²) in [5.74, 6) is 4.56. The number of hydrogen-bond donors (Lipinski definition) is 0. The van der Waals surface area contributed by atoms with Gasteiger partial charge in [0.25, 0.3) is 0 Å². The Labute approximate surface area is 80.9 Å². The molecule has 72 valence electrons. The molecule has 2 atom stereocenters. The molecule has 2 aliphatic heterocycles. The van der Waals surface area contributed by atoms with Gasteiger partial charge in [-0.05, 0) is 18.9 Å². The van der Waals surface area contributed by atoms with Gasteiger partial charge in [0.2, 0.25) is 0 Å². The van der Waals surface area contributed by atoms with Crippen molar-refractivity contribution in [3.05, 3.63) is 0 Å². The molecule has 0 N–H and O–H groups in total. The average molecular weight is 178 g/mol. The van der Waals surface area contributed by atoms with Crippen LogP contribution in [0, 0.1) is 24.2 Å². The normalized spacial score (nSPS) is 34.8. The lowest BCUT2D eigenvalue weighted by atomic mass is 10.0. The van der Waals surface area contributed by atoms with E-state index < -0.39 is 0 Å². The van der Waals surface area contributed by atoms with Gasteiger partial charge >= 0.3 is 0 Å². The second kappa shape index (κ2) is 3.69. The number of likely N-dealkylation sites (tertiary alicyclic amines) is 2. The SMILES string of the molecule is C#CCCN1C[C@H]2CN(C)C[C@H]2C1. The minimum Gasteiger partial charge on any atom is -0.306 e. The van der Waals surface area contributed by atoms with Crippen molar-refractivity contribution in [2.24, 2.45) is 11.8 Å². The Balaban J connectivity index is 1.81. The Kier molecular flexibility index (Phi) is 2.57. The van der Waals surface area contributed by atoms with Crippen molar-refractivity contribution in [1.29, 1.82) is 0 Å². The Bertz CT molecular complexity index is 205. The summed E-state index contributed by atoms with van der Waals surface area (Å²) in [5, 5.41) is 0. The summed E-state index contributed by atoms with van der Waals surface area (Å²) in [6, 6.07) is 0. The van der Waals surface area contributed by atoms with Crippen LogP contribution in [0.15, 0.2) is 0 Å². The van der Waals surface area contributed by atoms with Gasteiger partial charge in [-0.1, -0.05) is 0 Å². The number of terminal acetylenes is 1. The molecule has 2 aliphatic rings. The van der Waals surface area contributed by atoms with Gasteiger partial charge in [-0.2, -0.15) is 0 Å². The number of fused-ring (bicyclic) bond motifs is 1. The standard InChI is InChI=1S/C11H18N2/c1-3-4-5-13-8-10-6-12(2)7-11(10)9-13/h1,10-11H,4-9H2,2H3/t10-,11+. The van der Waals surface area contributed by atoms with Crippen LogP contribution in [-0.2, 0) is 0 Å². The molecule has 0 aliphatic carbocycles. The molecule has 2 heterocycles. The van der Waals surface area contributed by atoms with Crippen molar-refractivity contribution in [1.82, 2.24) is 9.80 Å². The summed E-state index contributed by atoms with van der Waals surface area (Å²) in [6.07, 6.45) is 6.17. The average Bonchev–Trinajstić information content (AvgIpc) is 2.57. The van der Waals surface area contributed by atoms with E-state index in [1.165, 1.54) is 26.2 Å².